The van der Waals surface area contributed by atoms with Gasteiger partial charge in [-0.25, -0.2) is 0 Å². The highest BCUT2D eigenvalue weighted by molar-refractivity contribution is 5.85. The molecule has 2 fully saturated rings. The summed E-state index contributed by atoms with van der Waals surface area (Å²) in [5.41, 5.74) is 1.35. The Morgan fingerprint density at radius 2 is 1.70 bits per heavy atom. The number of carbonyl (C=O) groups is 1. The van der Waals surface area contributed by atoms with Gasteiger partial charge in [0.1, 0.15) is 0 Å². The van der Waals surface area contributed by atoms with Gasteiger partial charge < -0.3 is 10.2 Å². The Hall–Kier alpha value is -0.810. The molecule has 0 aromatic heterocycles. The van der Waals surface area contributed by atoms with Crippen molar-refractivity contribution in [2.45, 2.75) is 19.4 Å². The number of nitrogens with one attached hydrogen (secondary N) is 1. The maximum absolute atomic E-state index is 12.1. The van der Waals surface area contributed by atoms with Crippen molar-refractivity contribution in [3.8, 4) is 0 Å². The molecule has 1 aliphatic carbocycles. The Bertz CT molecular complexity index is 460. The van der Waals surface area contributed by atoms with Crippen molar-refractivity contribution in [1.82, 2.24) is 15.1 Å². The number of nitrogens with zero attached hydrogens (tertiary/aromatic N) is 2. The zero-order valence-electron chi connectivity index (χ0n) is 13.4. The molecule has 1 amide bonds. The lowest BCUT2D eigenvalue weighted by Crippen LogP contribution is -2.50. The second-order valence-electron chi connectivity index (χ2n) is 6.22. The Morgan fingerprint density at radius 3 is 2.30 bits per heavy atom. The zero-order valence-corrected chi connectivity index (χ0v) is 15.1. The molecule has 0 atom stereocenters. The summed E-state index contributed by atoms with van der Waals surface area (Å²) >= 11 is 0. The molecule has 4 nitrogen and oxygen atoms in total. The maximum atomic E-state index is 12.1. The number of halogens is 2. The van der Waals surface area contributed by atoms with E-state index >= 15 is 0 Å². The minimum atomic E-state index is 0. The Morgan fingerprint density at radius 1 is 1.04 bits per heavy atom. The monoisotopic (exact) mass is 359 g/mol. The van der Waals surface area contributed by atoms with Gasteiger partial charge in [-0.05, 0) is 30.9 Å². The Kier molecular flexibility index (Phi) is 8.92. The van der Waals surface area contributed by atoms with Crippen LogP contribution in [-0.2, 0) is 11.3 Å². The van der Waals surface area contributed by atoms with E-state index in [0.717, 1.165) is 45.2 Å². The van der Waals surface area contributed by atoms with Gasteiger partial charge in [-0.2, -0.15) is 0 Å². The minimum Gasteiger partial charge on any atom is -0.339 e. The van der Waals surface area contributed by atoms with E-state index in [2.05, 4.69) is 40.5 Å². The van der Waals surface area contributed by atoms with E-state index in [1.54, 1.807) is 0 Å². The summed E-state index contributed by atoms with van der Waals surface area (Å²) in [7, 11) is 0. The Balaban J connectivity index is 0.00000132. The third-order valence-electron chi connectivity index (χ3n) is 4.38. The smallest absolute Gasteiger partial charge is 0.236 e. The first-order valence-electron chi connectivity index (χ1n) is 8.06. The molecule has 0 bridgehead atoms. The van der Waals surface area contributed by atoms with Gasteiger partial charge in [0, 0.05) is 32.7 Å². The van der Waals surface area contributed by atoms with Gasteiger partial charge in [0.15, 0.2) is 0 Å². The molecule has 1 saturated heterocycles. The molecule has 3 rings (SSSR count). The van der Waals surface area contributed by atoms with Crippen LogP contribution < -0.4 is 5.32 Å². The molecule has 2 aliphatic rings. The van der Waals surface area contributed by atoms with Gasteiger partial charge in [0.2, 0.25) is 5.91 Å². The molecule has 0 unspecified atom stereocenters. The summed E-state index contributed by atoms with van der Waals surface area (Å²) in [5, 5.41) is 3.29. The third-order valence-corrected chi connectivity index (χ3v) is 4.38. The fourth-order valence-electron chi connectivity index (χ4n) is 2.81. The van der Waals surface area contributed by atoms with E-state index in [0.29, 0.717) is 6.54 Å². The van der Waals surface area contributed by atoms with Gasteiger partial charge >= 0.3 is 0 Å². The first-order valence-corrected chi connectivity index (χ1v) is 8.06. The summed E-state index contributed by atoms with van der Waals surface area (Å²) in [5.74, 6) is 1.09. The van der Waals surface area contributed by atoms with Crippen molar-refractivity contribution in [3.05, 3.63) is 35.9 Å². The van der Waals surface area contributed by atoms with Crippen molar-refractivity contribution in [2.24, 2.45) is 5.92 Å². The van der Waals surface area contributed by atoms with Gasteiger partial charge in [0.25, 0.3) is 0 Å². The van der Waals surface area contributed by atoms with E-state index < -0.39 is 0 Å². The molecule has 1 aromatic rings. The molecule has 23 heavy (non-hydrogen) atoms. The topological polar surface area (TPSA) is 35.6 Å². The van der Waals surface area contributed by atoms with Crippen LogP contribution in [-0.4, -0.2) is 55.0 Å². The normalized spacial score (nSPS) is 18.0. The van der Waals surface area contributed by atoms with Gasteiger partial charge in [-0.15, -0.1) is 24.8 Å². The SMILES string of the molecule is Cl.Cl.O=C(CNCC1CC1)N1CCN(Cc2ccccc2)CC1. The van der Waals surface area contributed by atoms with Crippen LogP contribution in [0.15, 0.2) is 30.3 Å². The number of hydrogen-bond acceptors (Lipinski definition) is 3. The quantitative estimate of drug-likeness (QED) is 0.845. The summed E-state index contributed by atoms with van der Waals surface area (Å²) in [6.45, 7) is 6.18. The van der Waals surface area contributed by atoms with Crippen molar-refractivity contribution < 1.29 is 4.79 Å². The standard InChI is InChI=1S/C17H25N3O.2ClH/c21-17(13-18-12-15-6-7-15)20-10-8-19(9-11-20)14-16-4-2-1-3-5-16;;/h1-5,15,18H,6-14H2;2*1H. The number of piperazine rings is 1. The number of benzene rings is 1. The molecule has 0 radical (unpaired) electrons. The van der Waals surface area contributed by atoms with Crippen LogP contribution in [0, 0.1) is 5.92 Å². The molecular weight excluding hydrogens is 333 g/mol. The van der Waals surface area contributed by atoms with Gasteiger partial charge in [0.05, 0.1) is 6.54 Å². The summed E-state index contributed by atoms with van der Waals surface area (Å²) < 4.78 is 0. The van der Waals surface area contributed by atoms with Crippen LogP contribution in [0.3, 0.4) is 0 Å². The molecule has 1 aromatic carbocycles. The molecule has 1 aliphatic heterocycles. The van der Waals surface area contributed by atoms with E-state index in [1.807, 2.05) is 4.90 Å². The lowest BCUT2D eigenvalue weighted by atomic mass is 10.2. The van der Waals surface area contributed by atoms with Crippen LogP contribution in [0.5, 0.6) is 0 Å². The third kappa shape index (κ3) is 6.68. The highest BCUT2D eigenvalue weighted by Gasteiger charge is 2.23. The summed E-state index contributed by atoms with van der Waals surface area (Å²) in [6, 6.07) is 10.6. The van der Waals surface area contributed by atoms with Crippen LogP contribution >= 0.6 is 24.8 Å². The average molecular weight is 360 g/mol. The predicted molar refractivity (Wildman–Crippen MR) is 98.4 cm³/mol. The van der Waals surface area contributed by atoms with Gasteiger partial charge in [-0.1, -0.05) is 30.3 Å². The molecule has 1 heterocycles. The zero-order chi connectivity index (χ0) is 14.5. The van der Waals surface area contributed by atoms with Crippen LogP contribution in [0.4, 0.5) is 0 Å². The highest BCUT2D eigenvalue weighted by Crippen LogP contribution is 2.27. The van der Waals surface area contributed by atoms with Crippen molar-refractivity contribution in [1.29, 1.82) is 0 Å². The molecular formula is C17H27Cl2N3O. The molecule has 1 N–H and O–H groups in total. The van der Waals surface area contributed by atoms with Crippen molar-refractivity contribution in [3.63, 3.8) is 0 Å². The fourth-order valence-corrected chi connectivity index (χ4v) is 2.81. The first kappa shape index (κ1) is 20.2. The predicted octanol–water partition coefficient (Wildman–Crippen LogP) is 2.17. The van der Waals surface area contributed by atoms with Crippen LogP contribution in [0.1, 0.15) is 18.4 Å². The first-order chi connectivity index (χ1) is 10.3. The largest absolute Gasteiger partial charge is 0.339 e. The number of amides is 1. The molecule has 6 heteroatoms. The Labute approximate surface area is 151 Å². The fraction of sp³-hybridized carbons (Fsp3) is 0.588. The van der Waals surface area contributed by atoms with Gasteiger partial charge in [-0.3, -0.25) is 9.69 Å². The van der Waals surface area contributed by atoms with Crippen molar-refractivity contribution >= 4 is 30.7 Å². The molecule has 130 valence electrons. The minimum absolute atomic E-state index is 0. The van der Waals surface area contributed by atoms with Crippen molar-refractivity contribution in [2.75, 3.05) is 39.3 Å². The molecule has 0 spiro atoms. The summed E-state index contributed by atoms with van der Waals surface area (Å²) in [6.07, 6.45) is 2.67. The van der Waals surface area contributed by atoms with Crippen LogP contribution in [0.2, 0.25) is 0 Å². The second-order valence-corrected chi connectivity index (χ2v) is 6.22. The van der Waals surface area contributed by atoms with E-state index in [1.165, 1.54) is 18.4 Å². The van der Waals surface area contributed by atoms with E-state index in [9.17, 15) is 4.79 Å². The van der Waals surface area contributed by atoms with E-state index in [-0.39, 0.29) is 30.7 Å². The highest BCUT2D eigenvalue weighted by atomic mass is 35.5. The maximum Gasteiger partial charge on any atom is 0.236 e. The number of hydrogen-bond donors (Lipinski definition) is 1. The second kappa shape index (κ2) is 10.1. The lowest BCUT2D eigenvalue weighted by molar-refractivity contribution is -0.132. The van der Waals surface area contributed by atoms with E-state index in [4.69, 9.17) is 0 Å². The van der Waals surface area contributed by atoms with Crippen LogP contribution in [0.25, 0.3) is 0 Å². The number of rotatable bonds is 6. The molecule has 1 saturated carbocycles. The number of carbonyl (C=O) groups excluding carboxylic acids is 1. The summed E-state index contributed by atoms with van der Waals surface area (Å²) in [4.78, 5) is 16.5. The lowest BCUT2D eigenvalue weighted by Gasteiger charge is -2.34. The average Bonchev–Trinajstić information content (AvgIpc) is 3.33.